The Hall–Kier alpha value is -2.40. The van der Waals surface area contributed by atoms with Crippen LogP contribution in [0.25, 0.3) is 10.9 Å². The van der Waals surface area contributed by atoms with E-state index in [2.05, 4.69) is 26.3 Å². The number of carbonyl (C=O) groups is 1. The van der Waals surface area contributed by atoms with Crippen molar-refractivity contribution in [3.05, 3.63) is 59.3 Å². The first-order valence-electron chi connectivity index (χ1n) is 6.55. The number of aromatic amines is 1. The molecular weight excluding hydrogens is 288 g/mol. The lowest BCUT2D eigenvalue weighted by Crippen LogP contribution is -2.26. The van der Waals surface area contributed by atoms with Gasteiger partial charge < -0.3 is 10.3 Å². The van der Waals surface area contributed by atoms with Crippen LogP contribution < -0.4 is 5.32 Å². The van der Waals surface area contributed by atoms with E-state index < -0.39 is 0 Å². The Morgan fingerprint density at radius 2 is 2.10 bits per heavy atom. The van der Waals surface area contributed by atoms with E-state index in [1.807, 2.05) is 24.4 Å². The van der Waals surface area contributed by atoms with Crippen molar-refractivity contribution in [2.45, 2.75) is 6.42 Å². The zero-order chi connectivity index (χ0) is 14.7. The Labute approximate surface area is 126 Å². The fourth-order valence-electron chi connectivity index (χ4n) is 2.17. The molecule has 0 spiro atoms. The highest BCUT2D eigenvalue weighted by Gasteiger charge is 2.08. The maximum absolute atomic E-state index is 11.9. The molecule has 0 bridgehead atoms. The third-order valence-corrected chi connectivity index (χ3v) is 3.40. The van der Waals surface area contributed by atoms with Crippen LogP contribution in [0.4, 0.5) is 0 Å². The van der Waals surface area contributed by atoms with Crippen LogP contribution >= 0.6 is 11.6 Å². The van der Waals surface area contributed by atoms with Gasteiger partial charge in [-0.05, 0) is 18.1 Å². The molecule has 2 heterocycles. The Morgan fingerprint density at radius 3 is 2.90 bits per heavy atom. The summed E-state index contributed by atoms with van der Waals surface area (Å²) in [7, 11) is 0. The molecule has 3 rings (SSSR count). The molecule has 0 aliphatic rings. The number of para-hydroxylation sites is 1. The third-order valence-electron chi connectivity index (χ3n) is 3.21. The van der Waals surface area contributed by atoms with Gasteiger partial charge in [0, 0.05) is 23.6 Å². The summed E-state index contributed by atoms with van der Waals surface area (Å²) in [5.41, 5.74) is 2.54. The highest BCUT2D eigenvalue weighted by molar-refractivity contribution is 6.29. The van der Waals surface area contributed by atoms with Gasteiger partial charge in [-0.2, -0.15) is 0 Å². The molecule has 0 aliphatic heterocycles. The molecule has 2 N–H and O–H groups in total. The van der Waals surface area contributed by atoms with Crippen LogP contribution in [0.15, 0.2) is 42.9 Å². The van der Waals surface area contributed by atoms with E-state index in [4.69, 9.17) is 11.6 Å². The minimum absolute atomic E-state index is 0.251. The van der Waals surface area contributed by atoms with Crippen LogP contribution in [0.5, 0.6) is 0 Å². The second-order valence-corrected chi connectivity index (χ2v) is 4.98. The van der Waals surface area contributed by atoms with Crippen LogP contribution in [0, 0.1) is 0 Å². The number of benzene rings is 1. The van der Waals surface area contributed by atoms with Crippen LogP contribution in [-0.2, 0) is 6.42 Å². The molecule has 21 heavy (non-hydrogen) atoms. The lowest BCUT2D eigenvalue weighted by molar-refractivity contribution is 0.0949. The van der Waals surface area contributed by atoms with E-state index in [0.717, 1.165) is 11.9 Å². The Kier molecular flexibility index (Phi) is 3.83. The summed E-state index contributed by atoms with van der Waals surface area (Å²) < 4.78 is 0. The van der Waals surface area contributed by atoms with Crippen molar-refractivity contribution in [2.75, 3.05) is 6.54 Å². The average Bonchev–Trinajstić information content (AvgIpc) is 2.91. The molecule has 0 fully saturated rings. The van der Waals surface area contributed by atoms with Gasteiger partial charge >= 0.3 is 0 Å². The summed E-state index contributed by atoms with van der Waals surface area (Å²) in [5, 5.41) is 4.27. The summed E-state index contributed by atoms with van der Waals surface area (Å²) in [4.78, 5) is 22.9. The van der Waals surface area contributed by atoms with Crippen molar-refractivity contribution < 1.29 is 4.79 Å². The highest BCUT2D eigenvalue weighted by atomic mass is 35.5. The Balaban J connectivity index is 1.61. The first-order chi connectivity index (χ1) is 10.2. The number of aromatic nitrogens is 3. The molecule has 0 unspecified atom stereocenters. The van der Waals surface area contributed by atoms with Crippen molar-refractivity contribution in [2.24, 2.45) is 0 Å². The predicted molar refractivity (Wildman–Crippen MR) is 81.4 cm³/mol. The number of nitrogens with zero attached hydrogens (tertiary/aromatic N) is 2. The topological polar surface area (TPSA) is 70.7 Å². The molecule has 0 aliphatic carbocycles. The van der Waals surface area contributed by atoms with Gasteiger partial charge in [0.2, 0.25) is 0 Å². The summed E-state index contributed by atoms with van der Waals surface area (Å²) in [6.07, 6.45) is 5.44. The number of H-pyrrole nitrogens is 1. The standard InChI is InChI=1S/C15H13ClN4O/c16-14-9-19-13(8-20-14)15(21)17-6-5-10-7-18-12-4-2-1-3-11(10)12/h1-4,7-9,18H,5-6H2,(H,17,21). The predicted octanol–water partition coefficient (Wildman–Crippen LogP) is 2.58. The van der Waals surface area contributed by atoms with Crippen LogP contribution in [0.3, 0.4) is 0 Å². The molecule has 0 saturated heterocycles. The molecule has 3 aromatic rings. The van der Waals surface area contributed by atoms with Crippen molar-refractivity contribution in [3.63, 3.8) is 0 Å². The second kappa shape index (κ2) is 5.93. The smallest absolute Gasteiger partial charge is 0.271 e. The quantitative estimate of drug-likeness (QED) is 0.778. The largest absolute Gasteiger partial charge is 0.361 e. The van der Waals surface area contributed by atoms with Crippen LogP contribution in [0.1, 0.15) is 16.1 Å². The molecule has 106 valence electrons. The normalized spacial score (nSPS) is 10.7. The molecule has 1 aromatic carbocycles. The molecule has 0 atom stereocenters. The number of carbonyl (C=O) groups excluding carboxylic acids is 1. The summed E-state index contributed by atoms with van der Waals surface area (Å²) >= 11 is 5.63. The fourth-order valence-corrected chi connectivity index (χ4v) is 2.27. The van der Waals surface area contributed by atoms with Gasteiger partial charge in [-0.15, -0.1) is 0 Å². The fraction of sp³-hybridized carbons (Fsp3) is 0.133. The average molecular weight is 301 g/mol. The van der Waals surface area contributed by atoms with Gasteiger partial charge in [0.15, 0.2) is 0 Å². The van der Waals surface area contributed by atoms with Crippen molar-refractivity contribution in [1.82, 2.24) is 20.3 Å². The monoisotopic (exact) mass is 300 g/mol. The number of halogens is 1. The van der Waals surface area contributed by atoms with Gasteiger partial charge in [-0.1, -0.05) is 29.8 Å². The van der Waals surface area contributed by atoms with E-state index in [0.29, 0.717) is 6.54 Å². The molecule has 0 saturated carbocycles. The second-order valence-electron chi connectivity index (χ2n) is 4.59. The van der Waals surface area contributed by atoms with E-state index in [1.165, 1.54) is 23.3 Å². The minimum atomic E-state index is -0.251. The summed E-state index contributed by atoms with van der Waals surface area (Å²) in [6.45, 7) is 0.533. The number of rotatable bonds is 4. The van der Waals surface area contributed by atoms with E-state index in [9.17, 15) is 4.79 Å². The van der Waals surface area contributed by atoms with Crippen molar-refractivity contribution >= 4 is 28.4 Å². The van der Waals surface area contributed by atoms with Gasteiger partial charge in [-0.25, -0.2) is 9.97 Å². The van der Waals surface area contributed by atoms with Gasteiger partial charge in [0.25, 0.3) is 5.91 Å². The van der Waals surface area contributed by atoms with Gasteiger partial charge in [-0.3, -0.25) is 4.79 Å². The molecule has 0 radical (unpaired) electrons. The lowest BCUT2D eigenvalue weighted by atomic mass is 10.1. The van der Waals surface area contributed by atoms with Gasteiger partial charge in [0.05, 0.1) is 12.4 Å². The summed E-state index contributed by atoms with van der Waals surface area (Å²) in [5.74, 6) is -0.251. The number of hydrogen-bond donors (Lipinski definition) is 2. The lowest BCUT2D eigenvalue weighted by Gasteiger charge is -2.04. The number of fused-ring (bicyclic) bond motifs is 1. The van der Waals surface area contributed by atoms with Gasteiger partial charge in [0.1, 0.15) is 10.8 Å². The first-order valence-corrected chi connectivity index (χ1v) is 6.92. The number of hydrogen-bond acceptors (Lipinski definition) is 3. The molecular formula is C15H13ClN4O. The number of nitrogens with one attached hydrogen (secondary N) is 2. The van der Waals surface area contributed by atoms with Crippen LogP contribution in [0.2, 0.25) is 5.15 Å². The molecule has 1 amide bonds. The van der Waals surface area contributed by atoms with E-state index in [1.54, 1.807) is 0 Å². The third kappa shape index (κ3) is 3.03. The Morgan fingerprint density at radius 1 is 1.24 bits per heavy atom. The molecule has 6 heteroatoms. The SMILES string of the molecule is O=C(NCCc1c[nH]c2ccccc12)c1cnc(Cl)cn1. The maximum Gasteiger partial charge on any atom is 0.271 e. The summed E-state index contributed by atoms with van der Waals surface area (Å²) in [6, 6.07) is 8.08. The van der Waals surface area contributed by atoms with E-state index in [-0.39, 0.29) is 16.8 Å². The van der Waals surface area contributed by atoms with E-state index >= 15 is 0 Å². The maximum atomic E-state index is 11.9. The van der Waals surface area contributed by atoms with Crippen LogP contribution in [-0.4, -0.2) is 27.4 Å². The number of amides is 1. The molecule has 2 aromatic heterocycles. The zero-order valence-corrected chi connectivity index (χ0v) is 11.9. The zero-order valence-electron chi connectivity index (χ0n) is 11.1. The first kappa shape index (κ1) is 13.6. The van der Waals surface area contributed by atoms with Crippen molar-refractivity contribution in [1.29, 1.82) is 0 Å². The highest BCUT2D eigenvalue weighted by Crippen LogP contribution is 2.17. The van der Waals surface area contributed by atoms with Crippen molar-refractivity contribution in [3.8, 4) is 0 Å². The minimum Gasteiger partial charge on any atom is -0.361 e. The Bertz CT molecular complexity index is 767. The molecule has 5 nitrogen and oxygen atoms in total.